The molecule has 0 aromatic heterocycles. The van der Waals surface area contributed by atoms with Gasteiger partial charge in [-0.05, 0) is 30.9 Å². The van der Waals surface area contributed by atoms with E-state index in [0.29, 0.717) is 18.4 Å². The van der Waals surface area contributed by atoms with Gasteiger partial charge in [0.1, 0.15) is 12.1 Å². The molecular weight excluding hydrogens is 360 g/mol. The summed E-state index contributed by atoms with van der Waals surface area (Å²) in [5, 5.41) is 16.5. The van der Waals surface area contributed by atoms with Gasteiger partial charge in [-0.2, -0.15) is 0 Å². The largest absolute Gasteiger partial charge is 0.467 e. The number of ether oxygens (including phenoxy) is 1. The minimum Gasteiger partial charge on any atom is -0.467 e. The zero-order valence-corrected chi connectivity index (χ0v) is 16.7. The summed E-state index contributed by atoms with van der Waals surface area (Å²) in [6.07, 6.45) is 3.33. The Labute approximate surface area is 165 Å². The lowest BCUT2D eigenvalue weighted by Crippen LogP contribution is -2.63. The number of methoxy groups -OCH3 is 1. The third-order valence-corrected chi connectivity index (χ3v) is 5.25. The summed E-state index contributed by atoms with van der Waals surface area (Å²) in [7, 11) is 1.26. The Morgan fingerprint density at radius 1 is 1.04 bits per heavy atom. The molecule has 1 aromatic carbocycles. The summed E-state index contributed by atoms with van der Waals surface area (Å²) in [6, 6.07) is 6.50. The van der Waals surface area contributed by atoms with E-state index in [0.717, 1.165) is 19.3 Å². The van der Waals surface area contributed by atoms with E-state index in [1.165, 1.54) is 7.11 Å². The second kappa shape index (κ2) is 9.68. The molecule has 7 nitrogen and oxygen atoms in total. The summed E-state index contributed by atoms with van der Waals surface area (Å²) in [4.78, 5) is 37.7. The maximum absolute atomic E-state index is 13.1. The molecule has 1 aliphatic rings. The first-order valence-electron chi connectivity index (χ1n) is 9.75. The van der Waals surface area contributed by atoms with Gasteiger partial charge in [0.25, 0.3) is 5.91 Å². The molecule has 0 aliphatic heterocycles. The van der Waals surface area contributed by atoms with Crippen LogP contribution >= 0.6 is 0 Å². The van der Waals surface area contributed by atoms with Crippen molar-refractivity contribution in [2.24, 2.45) is 5.92 Å². The molecule has 1 aliphatic carbocycles. The molecule has 28 heavy (non-hydrogen) atoms. The molecule has 3 N–H and O–H groups in total. The van der Waals surface area contributed by atoms with Crippen molar-refractivity contribution in [2.45, 2.75) is 63.6 Å². The van der Waals surface area contributed by atoms with Crippen LogP contribution in [-0.4, -0.2) is 47.7 Å². The summed E-state index contributed by atoms with van der Waals surface area (Å²) in [6.45, 7) is 3.57. The quantitative estimate of drug-likeness (QED) is 0.616. The maximum atomic E-state index is 13.1. The highest BCUT2D eigenvalue weighted by atomic mass is 16.5. The third-order valence-electron chi connectivity index (χ3n) is 5.25. The van der Waals surface area contributed by atoms with Gasteiger partial charge in [-0.25, -0.2) is 4.79 Å². The van der Waals surface area contributed by atoms with Crippen molar-refractivity contribution in [3.8, 4) is 0 Å². The SMILES string of the molecule is COC(=O)C(NC(=O)[C@@H](NC(=O)c1ccccc1)C1(O)CCCCC1)C(C)C. The highest BCUT2D eigenvalue weighted by Gasteiger charge is 2.44. The van der Waals surface area contributed by atoms with Gasteiger partial charge in [-0.1, -0.05) is 51.3 Å². The van der Waals surface area contributed by atoms with E-state index >= 15 is 0 Å². The predicted molar refractivity (Wildman–Crippen MR) is 105 cm³/mol. The van der Waals surface area contributed by atoms with Gasteiger partial charge in [0, 0.05) is 5.56 Å². The highest BCUT2D eigenvalue weighted by molar-refractivity contribution is 5.98. The van der Waals surface area contributed by atoms with Gasteiger partial charge in [0.2, 0.25) is 5.91 Å². The molecule has 0 radical (unpaired) electrons. The molecule has 7 heteroatoms. The van der Waals surface area contributed by atoms with Crippen molar-refractivity contribution < 1.29 is 24.2 Å². The Morgan fingerprint density at radius 2 is 1.64 bits per heavy atom. The van der Waals surface area contributed by atoms with E-state index in [1.54, 1.807) is 44.2 Å². The molecule has 154 valence electrons. The molecule has 1 unspecified atom stereocenters. The average molecular weight is 390 g/mol. The van der Waals surface area contributed by atoms with Crippen LogP contribution in [-0.2, 0) is 14.3 Å². The van der Waals surface area contributed by atoms with Crippen LogP contribution in [0.2, 0.25) is 0 Å². The number of carbonyl (C=O) groups excluding carboxylic acids is 3. The fourth-order valence-corrected chi connectivity index (χ4v) is 3.56. The van der Waals surface area contributed by atoms with E-state index in [4.69, 9.17) is 4.74 Å². The van der Waals surface area contributed by atoms with Gasteiger partial charge >= 0.3 is 5.97 Å². The molecule has 1 saturated carbocycles. The Morgan fingerprint density at radius 3 is 2.18 bits per heavy atom. The third kappa shape index (κ3) is 5.32. The van der Waals surface area contributed by atoms with Crippen molar-refractivity contribution in [2.75, 3.05) is 7.11 Å². The fraction of sp³-hybridized carbons (Fsp3) is 0.571. The zero-order chi connectivity index (χ0) is 20.7. The summed E-state index contributed by atoms with van der Waals surface area (Å²) in [5.41, 5.74) is -0.960. The Balaban J connectivity index is 2.25. The van der Waals surface area contributed by atoms with Crippen LogP contribution in [0.5, 0.6) is 0 Å². The van der Waals surface area contributed by atoms with Gasteiger partial charge in [-0.15, -0.1) is 0 Å². The number of hydrogen-bond donors (Lipinski definition) is 3. The summed E-state index contributed by atoms with van der Waals surface area (Å²) in [5.74, 6) is -1.80. The van der Waals surface area contributed by atoms with Crippen LogP contribution in [0, 0.1) is 5.92 Å². The average Bonchev–Trinajstić information content (AvgIpc) is 2.70. The van der Waals surface area contributed by atoms with Gasteiger partial charge in [0.15, 0.2) is 0 Å². The first-order valence-corrected chi connectivity index (χ1v) is 9.75. The number of benzene rings is 1. The molecule has 2 atom stereocenters. The molecule has 0 bridgehead atoms. The van der Waals surface area contributed by atoms with Gasteiger partial charge in [0.05, 0.1) is 12.7 Å². The normalized spacial score (nSPS) is 18.0. The molecule has 1 fully saturated rings. The van der Waals surface area contributed by atoms with Crippen molar-refractivity contribution >= 4 is 17.8 Å². The minimum absolute atomic E-state index is 0.206. The standard InChI is InChI=1S/C21H30N2O5/c1-14(2)16(20(26)28-3)22-19(25)17(21(27)12-8-5-9-13-21)23-18(24)15-10-6-4-7-11-15/h4,6-7,10-11,14,16-17,27H,5,8-9,12-13H2,1-3H3,(H,22,25)(H,23,24)/t16?,17-/m1/s1. The molecule has 0 spiro atoms. The van der Waals surface area contributed by atoms with E-state index in [9.17, 15) is 19.5 Å². The topological polar surface area (TPSA) is 105 Å². The second-order valence-corrected chi connectivity index (χ2v) is 7.69. The Bertz CT molecular complexity index is 683. The molecule has 0 saturated heterocycles. The Hall–Kier alpha value is -2.41. The van der Waals surface area contributed by atoms with Crippen molar-refractivity contribution in [1.29, 1.82) is 0 Å². The van der Waals surface area contributed by atoms with E-state index in [2.05, 4.69) is 10.6 Å². The van der Waals surface area contributed by atoms with Crippen molar-refractivity contribution in [3.63, 3.8) is 0 Å². The molecule has 1 aromatic rings. The van der Waals surface area contributed by atoms with Crippen LogP contribution < -0.4 is 10.6 Å². The van der Waals surface area contributed by atoms with Gasteiger partial charge < -0.3 is 20.5 Å². The summed E-state index contributed by atoms with van der Waals surface area (Å²) >= 11 is 0. The maximum Gasteiger partial charge on any atom is 0.328 e. The van der Waals surface area contributed by atoms with Crippen LogP contribution in [0.3, 0.4) is 0 Å². The fourth-order valence-electron chi connectivity index (χ4n) is 3.56. The Kier molecular flexibility index (Phi) is 7.57. The zero-order valence-electron chi connectivity index (χ0n) is 16.7. The van der Waals surface area contributed by atoms with Crippen molar-refractivity contribution in [1.82, 2.24) is 10.6 Å². The van der Waals surface area contributed by atoms with Crippen LogP contribution in [0.1, 0.15) is 56.3 Å². The smallest absolute Gasteiger partial charge is 0.328 e. The van der Waals surface area contributed by atoms with Crippen LogP contribution in [0.4, 0.5) is 0 Å². The molecule has 2 rings (SSSR count). The van der Waals surface area contributed by atoms with E-state index in [1.807, 2.05) is 0 Å². The van der Waals surface area contributed by atoms with Crippen molar-refractivity contribution in [3.05, 3.63) is 35.9 Å². The number of rotatable bonds is 7. The predicted octanol–water partition coefficient (Wildman–Crippen LogP) is 1.79. The second-order valence-electron chi connectivity index (χ2n) is 7.69. The lowest BCUT2D eigenvalue weighted by molar-refractivity contribution is -0.148. The van der Waals surface area contributed by atoms with E-state index in [-0.39, 0.29) is 5.92 Å². The number of carbonyl (C=O) groups is 3. The number of nitrogens with one attached hydrogen (secondary N) is 2. The molecular formula is C21H30N2O5. The monoisotopic (exact) mass is 390 g/mol. The first-order chi connectivity index (χ1) is 13.3. The number of hydrogen-bond acceptors (Lipinski definition) is 5. The number of aliphatic hydroxyl groups is 1. The lowest BCUT2D eigenvalue weighted by atomic mass is 9.78. The lowest BCUT2D eigenvalue weighted by Gasteiger charge is -2.39. The summed E-state index contributed by atoms with van der Waals surface area (Å²) < 4.78 is 4.77. The molecule has 2 amide bonds. The van der Waals surface area contributed by atoms with E-state index < -0.39 is 35.5 Å². The minimum atomic E-state index is -1.36. The highest BCUT2D eigenvalue weighted by Crippen LogP contribution is 2.31. The number of esters is 1. The first kappa shape index (κ1) is 21.9. The van der Waals surface area contributed by atoms with Gasteiger partial charge in [-0.3, -0.25) is 9.59 Å². The number of amides is 2. The molecule has 0 heterocycles. The van der Waals surface area contributed by atoms with Crippen LogP contribution in [0.15, 0.2) is 30.3 Å². The van der Waals surface area contributed by atoms with Crippen LogP contribution in [0.25, 0.3) is 0 Å².